The summed E-state index contributed by atoms with van der Waals surface area (Å²) in [5.41, 5.74) is 4.75. The fourth-order valence-corrected chi connectivity index (χ4v) is 5.78. The van der Waals surface area contributed by atoms with Crippen molar-refractivity contribution in [1.29, 1.82) is 0 Å². The predicted molar refractivity (Wildman–Crippen MR) is 149 cm³/mol. The summed E-state index contributed by atoms with van der Waals surface area (Å²) in [6.45, 7) is 3.96. The highest BCUT2D eigenvalue weighted by molar-refractivity contribution is 7.92. The van der Waals surface area contributed by atoms with Gasteiger partial charge in [0.05, 0.1) is 0 Å². The maximum Gasteiger partial charge on any atom is 0.264 e. The van der Waals surface area contributed by atoms with Gasteiger partial charge >= 0.3 is 0 Å². The van der Waals surface area contributed by atoms with E-state index in [1.54, 1.807) is 6.20 Å². The number of piperidine rings is 1. The number of carbonyl (C=O) groups excluding carboxylic acids is 1. The number of aliphatic hydroxyl groups excluding tert-OH is 1. The van der Waals surface area contributed by atoms with Gasteiger partial charge in [-0.05, 0) is 74.3 Å². The molecule has 0 aliphatic carbocycles. The van der Waals surface area contributed by atoms with Crippen LogP contribution in [-0.4, -0.2) is 67.6 Å². The van der Waals surface area contributed by atoms with E-state index in [0.717, 1.165) is 61.8 Å². The van der Waals surface area contributed by atoms with Crippen molar-refractivity contribution < 1.29 is 27.9 Å². The Labute approximate surface area is 229 Å². The number of aromatic nitrogens is 1. The van der Waals surface area contributed by atoms with Crippen LogP contribution in [0.2, 0.25) is 0 Å². The molecule has 2 fully saturated rings. The van der Waals surface area contributed by atoms with E-state index in [1.807, 2.05) is 30.3 Å². The zero-order chi connectivity index (χ0) is 28.0. The van der Waals surface area contributed by atoms with E-state index in [1.165, 1.54) is 17.6 Å². The van der Waals surface area contributed by atoms with Crippen LogP contribution in [0, 0.1) is 5.92 Å². The molecular weight excluding hydrogens is 522 g/mol. The largest absolute Gasteiger partial charge is 0.396 e. The van der Waals surface area contributed by atoms with Crippen LogP contribution in [0.5, 0.6) is 0 Å². The van der Waals surface area contributed by atoms with Crippen molar-refractivity contribution in [2.45, 2.75) is 63.0 Å². The third-order valence-corrected chi connectivity index (χ3v) is 10.0. The van der Waals surface area contributed by atoms with Crippen LogP contribution >= 0.6 is 0 Å². The first kappa shape index (κ1) is 29.3. The second kappa shape index (κ2) is 12.6. The zero-order valence-corrected chi connectivity index (χ0v) is 23.5. The van der Waals surface area contributed by atoms with E-state index in [4.69, 9.17) is 9.57 Å². The minimum atomic E-state index is -3.83. The Bertz CT molecular complexity index is 1280. The summed E-state index contributed by atoms with van der Waals surface area (Å²) in [5, 5.41) is 9.35. The molecule has 4 rings (SSSR count). The Morgan fingerprint density at radius 2 is 1.85 bits per heavy atom. The number of ether oxygens (including phenoxy) is 1. The number of nitrogens with zero attached hydrogens (tertiary/aromatic N) is 2. The van der Waals surface area contributed by atoms with Crippen molar-refractivity contribution in [2.75, 3.05) is 37.5 Å². The zero-order valence-electron chi connectivity index (χ0n) is 22.7. The number of benzene rings is 1. The number of pyridine rings is 1. The average molecular weight is 562 g/mol. The van der Waals surface area contributed by atoms with E-state index in [0.29, 0.717) is 18.9 Å². The van der Waals surface area contributed by atoms with Crippen LogP contribution in [-0.2, 0) is 30.8 Å². The lowest BCUT2D eigenvalue weighted by Crippen LogP contribution is -2.51. The van der Waals surface area contributed by atoms with Gasteiger partial charge in [-0.3, -0.25) is 9.59 Å². The van der Waals surface area contributed by atoms with Gasteiger partial charge in [0.25, 0.3) is 11.5 Å². The molecule has 2 atom stereocenters. The molecule has 2 aliphatic rings. The van der Waals surface area contributed by atoms with Gasteiger partial charge in [0.2, 0.25) is 0 Å². The minimum Gasteiger partial charge on any atom is -0.396 e. The van der Waals surface area contributed by atoms with Crippen molar-refractivity contribution >= 4 is 21.4 Å². The molecule has 3 heterocycles. The molecule has 2 saturated heterocycles. The maximum atomic E-state index is 12.9. The Morgan fingerprint density at radius 3 is 2.44 bits per heavy atom. The molecule has 0 bridgehead atoms. The molecule has 1 aromatic carbocycles. The summed E-state index contributed by atoms with van der Waals surface area (Å²) in [6, 6.07) is 11.4. The lowest BCUT2D eigenvalue weighted by molar-refractivity contribution is -0.201. The third kappa shape index (κ3) is 7.08. The highest BCUT2D eigenvalue weighted by Crippen LogP contribution is 2.27. The molecule has 0 radical (unpaired) electrons. The summed E-state index contributed by atoms with van der Waals surface area (Å²) in [5.74, 6) is -0.411. The van der Waals surface area contributed by atoms with E-state index in [2.05, 4.69) is 10.4 Å². The number of hydrogen-bond acceptors (Lipinski definition) is 8. The topological polar surface area (TPSA) is 127 Å². The van der Waals surface area contributed by atoms with Crippen LogP contribution < -0.4 is 15.9 Å². The van der Waals surface area contributed by atoms with Crippen LogP contribution in [0.4, 0.5) is 5.69 Å². The molecule has 2 unspecified atom stereocenters. The number of carbonyl (C=O) groups is 1. The second-order valence-corrected chi connectivity index (χ2v) is 13.2. The first-order valence-corrected chi connectivity index (χ1v) is 15.4. The summed E-state index contributed by atoms with van der Waals surface area (Å²) >= 11 is 0. The monoisotopic (exact) mass is 561 g/mol. The Balaban J connectivity index is 1.40. The molecule has 11 heteroatoms. The summed E-state index contributed by atoms with van der Waals surface area (Å²) < 4.78 is 30.3. The number of aliphatic hydroxyl groups is 1. The average Bonchev–Trinajstić information content (AvgIpc) is 2.95. The fourth-order valence-electron chi connectivity index (χ4n) is 4.94. The summed E-state index contributed by atoms with van der Waals surface area (Å²) in [6.07, 6.45) is 6.30. The Morgan fingerprint density at radius 1 is 1.13 bits per heavy atom. The van der Waals surface area contributed by atoms with Crippen molar-refractivity contribution in [3.8, 4) is 11.1 Å². The van der Waals surface area contributed by atoms with Gasteiger partial charge in [-0.25, -0.2) is 18.7 Å². The Hall–Kier alpha value is -2.73. The quantitative estimate of drug-likeness (QED) is 0.424. The highest BCUT2D eigenvalue weighted by Gasteiger charge is 2.44. The number of anilines is 1. The molecule has 10 nitrogen and oxygen atoms in total. The summed E-state index contributed by atoms with van der Waals surface area (Å²) in [4.78, 5) is 33.4. The van der Waals surface area contributed by atoms with E-state index < -0.39 is 26.8 Å². The van der Waals surface area contributed by atoms with Gasteiger partial charge in [0, 0.05) is 63.5 Å². The molecule has 1 amide bonds. The first-order valence-electron chi connectivity index (χ1n) is 13.5. The number of hydroxylamine groups is 1. The number of amides is 1. The van der Waals surface area contributed by atoms with Crippen molar-refractivity contribution in [3.05, 3.63) is 52.9 Å². The molecule has 0 spiro atoms. The van der Waals surface area contributed by atoms with E-state index in [9.17, 15) is 23.1 Å². The molecular formula is C28H39N3O7S. The third-order valence-electron chi connectivity index (χ3n) is 7.98. The molecule has 0 saturated carbocycles. The molecule has 1 aromatic heterocycles. The summed E-state index contributed by atoms with van der Waals surface area (Å²) in [7, 11) is -3.83. The van der Waals surface area contributed by atoms with Gasteiger partial charge < -0.3 is 19.3 Å². The van der Waals surface area contributed by atoms with Gasteiger partial charge in [-0.15, -0.1) is 0 Å². The Kier molecular flexibility index (Phi) is 9.47. The highest BCUT2D eigenvalue weighted by atomic mass is 32.2. The van der Waals surface area contributed by atoms with Crippen molar-refractivity contribution in [2.24, 2.45) is 5.92 Å². The minimum absolute atomic E-state index is 0.0404. The lowest BCUT2D eigenvalue weighted by atomic mass is 9.97. The van der Waals surface area contributed by atoms with E-state index in [-0.39, 0.29) is 25.1 Å². The molecule has 2 aliphatic heterocycles. The van der Waals surface area contributed by atoms with E-state index >= 15 is 0 Å². The van der Waals surface area contributed by atoms with Crippen LogP contribution in [0.1, 0.15) is 45.4 Å². The number of hydrogen-bond donors (Lipinski definition) is 2. The normalized spacial score (nSPS) is 20.4. The van der Waals surface area contributed by atoms with Gasteiger partial charge in [0.15, 0.2) is 20.9 Å². The van der Waals surface area contributed by atoms with Crippen LogP contribution in [0.25, 0.3) is 11.1 Å². The van der Waals surface area contributed by atoms with Crippen molar-refractivity contribution in [3.63, 3.8) is 0 Å². The van der Waals surface area contributed by atoms with Gasteiger partial charge in [-0.1, -0.05) is 12.1 Å². The molecule has 214 valence electrons. The van der Waals surface area contributed by atoms with Crippen LogP contribution in [0.15, 0.2) is 47.4 Å². The predicted octanol–water partition coefficient (Wildman–Crippen LogP) is 2.49. The molecule has 39 heavy (non-hydrogen) atoms. The smallest absolute Gasteiger partial charge is 0.264 e. The lowest BCUT2D eigenvalue weighted by Gasteiger charge is -2.33. The standard InChI is InChI=1S/C28H39N3O7S/c1-28(39(2,35)36,27(34)29-38-26-5-3-4-18-37-26)13-17-31-16-12-23(19-25(31)33)22-6-8-24(9-7-22)30-14-10-21(20-32)11-15-30/h6-9,12,16,19,21,26,32H,3-5,10-11,13-15,17-18,20H2,1-2H3,(H,29,34). The van der Waals surface area contributed by atoms with Crippen molar-refractivity contribution in [1.82, 2.24) is 10.0 Å². The number of aryl methyl sites for hydroxylation is 1. The number of nitrogens with one attached hydrogen (secondary N) is 1. The fraction of sp³-hybridized carbons (Fsp3) is 0.571. The van der Waals surface area contributed by atoms with Crippen LogP contribution in [0.3, 0.4) is 0 Å². The van der Waals surface area contributed by atoms with Gasteiger partial charge in [-0.2, -0.15) is 0 Å². The SMILES string of the molecule is CC(CCn1ccc(-c2ccc(N3CCC(CO)CC3)cc2)cc1=O)(C(=O)NOC1CCCCO1)S(C)(=O)=O. The first-order chi connectivity index (χ1) is 18.6. The molecule has 2 N–H and O–H groups in total. The maximum absolute atomic E-state index is 12.9. The molecule has 2 aromatic rings. The number of sulfone groups is 1. The number of rotatable bonds is 10. The van der Waals surface area contributed by atoms with Gasteiger partial charge in [0.1, 0.15) is 0 Å². The second-order valence-electron chi connectivity index (χ2n) is 10.7.